The summed E-state index contributed by atoms with van der Waals surface area (Å²) in [5.41, 5.74) is 0. The van der Waals surface area contributed by atoms with Crippen molar-refractivity contribution in [3.63, 3.8) is 0 Å². The molecule has 1 heterocycles. The molecular formula is C7H13B2N2O. The van der Waals surface area contributed by atoms with E-state index in [0.29, 0.717) is 6.04 Å². The molecule has 1 aliphatic rings. The number of likely N-dealkylation sites (N-methyl/N-ethyl adjacent to an activating group) is 1. The van der Waals surface area contributed by atoms with Crippen LogP contribution in [0, 0.1) is 0 Å². The summed E-state index contributed by atoms with van der Waals surface area (Å²) in [6, 6.07) is 0.367. The molecule has 0 aliphatic carbocycles. The minimum absolute atomic E-state index is 0.0209. The van der Waals surface area contributed by atoms with Crippen LogP contribution < -0.4 is 5.32 Å². The zero-order valence-corrected chi connectivity index (χ0v) is 7.58. The smallest absolute Gasteiger partial charge is 0.149 e. The fourth-order valence-electron chi connectivity index (χ4n) is 1.63. The van der Waals surface area contributed by atoms with Crippen molar-refractivity contribution in [1.82, 2.24) is 10.1 Å². The highest BCUT2D eigenvalue weighted by Gasteiger charge is 2.32. The number of nitrogens with one attached hydrogen (secondary N) is 1. The number of carbonyl (C=O) groups excluding carboxylic acids is 1. The molecular weight excluding hydrogens is 150 g/mol. The van der Waals surface area contributed by atoms with E-state index in [0.717, 1.165) is 13.0 Å². The SMILES string of the molecule is [B][B]N1C[C@@H](NC)C[C@H]1C(C)=O. The summed E-state index contributed by atoms with van der Waals surface area (Å²) in [4.78, 5) is 13.0. The molecule has 12 heavy (non-hydrogen) atoms. The Labute approximate surface area is 75.5 Å². The molecule has 1 fully saturated rings. The van der Waals surface area contributed by atoms with Crippen molar-refractivity contribution in [2.24, 2.45) is 0 Å². The van der Waals surface area contributed by atoms with Crippen LogP contribution in [-0.4, -0.2) is 51.3 Å². The third-order valence-electron chi connectivity index (χ3n) is 2.41. The van der Waals surface area contributed by atoms with E-state index in [2.05, 4.69) is 5.32 Å². The number of hydrogen-bond acceptors (Lipinski definition) is 3. The molecule has 0 saturated carbocycles. The molecule has 63 valence electrons. The van der Waals surface area contributed by atoms with E-state index in [9.17, 15) is 4.79 Å². The third-order valence-corrected chi connectivity index (χ3v) is 2.41. The summed E-state index contributed by atoms with van der Waals surface area (Å²) in [6.45, 7) is 2.44. The Morgan fingerprint density at radius 1 is 1.75 bits per heavy atom. The second kappa shape index (κ2) is 4.10. The predicted octanol–water partition coefficient (Wildman–Crippen LogP) is -1.06. The third kappa shape index (κ3) is 1.90. The maximum Gasteiger partial charge on any atom is 0.149 e. The van der Waals surface area contributed by atoms with Gasteiger partial charge in [0.25, 0.3) is 0 Å². The number of ketones is 1. The Balaban J connectivity index is 2.56. The van der Waals surface area contributed by atoms with Gasteiger partial charge < -0.3 is 10.1 Å². The number of nitrogens with zero attached hydrogens (tertiary/aromatic N) is 1. The fourth-order valence-corrected chi connectivity index (χ4v) is 1.63. The number of hydrogen-bond donors (Lipinski definition) is 1. The monoisotopic (exact) mass is 163 g/mol. The van der Waals surface area contributed by atoms with Crippen LogP contribution in [-0.2, 0) is 4.79 Å². The highest BCUT2D eigenvalue weighted by molar-refractivity contribution is 6.87. The molecule has 1 N–H and O–H groups in total. The summed E-state index contributed by atoms with van der Waals surface area (Å²) in [7, 11) is 8.81. The van der Waals surface area contributed by atoms with Crippen LogP contribution in [0.2, 0.25) is 0 Å². The molecule has 5 heteroatoms. The van der Waals surface area contributed by atoms with Gasteiger partial charge in [-0.1, -0.05) is 0 Å². The van der Waals surface area contributed by atoms with E-state index < -0.39 is 0 Å². The minimum Gasteiger partial charge on any atom is -0.346 e. The predicted molar refractivity (Wildman–Crippen MR) is 50.1 cm³/mol. The molecule has 0 spiro atoms. The standard InChI is InChI=1S/C7H13B2N2O/c1-5(12)7-3-6(10-2)4-11(7)9-8/h6-7,10H,3-4H2,1-2H3/t6-,7-/m0/s1. The van der Waals surface area contributed by atoms with Gasteiger partial charge in [0.15, 0.2) is 0 Å². The highest BCUT2D eigenvalue weighted by atomic mass is 16.1. The Morgan fingerprint density at radius 2 is 2.42 bits per heavy atom. The summed E-state index contributed by atoms with van der Waals surface area (Å²) in [5, 5.41) is 3.14. The van der Waals surface area contributed by atoms with Crippen LogP contribution in [0.5, 0.6) is 0 Å². The van der Waals surface area contributed by atoms with Crippen molar-refractivity contribution in [3.05, 3.63) is 0 Å². The van der Waals surface area contributed by atoms with Gasteiger partial charge in [0.05, 0.1) is 6.04 Å². The van der Waals surface area contributed by atoms with Gasteiger partial charge >= 0.3 is 0 Å². The lowest BCUT2D eigenvalue weighted by molar-refractivity contribution is -0.119. The van der Waals surface area contributed by atoms with Gasteiger partial charge in [0.1, 0.15) is 13.1 Å². The number of carbonyl (C=O) groups is 1. The van der Waals surface area contributed by atoms with Crippen LogP contribution in [0.1, 0.15) is 13.3 Å². The van der Waals surface area contributed by atoms with Crippen molar-refractivity contribution in [2.45, 2.75) is 25.4 Å². The van der Waals surface area contributed by atoms with E-state index >= 15 is 0 Å². The Hall–Kier alpha value is -0.280. The van der Waals surface area contributed by atoms with Crippen molar-refractivity contribution in [3.8, 4) is 0 Å². The lowest BCUT2D eigenvalue weighted by atomic mass is 9.64. The van der Waals surface area contributed by atoms with Crippen molar-refractivity contribution in [1.29, 1.82) is 0 Å². The quantitative estimate of drug-likeness (QED) is 0.538. The van der Waals surface area contributed by atoms with Gasteiger partial charge in [-0.25, -0.2) is 0 Å². The fraction of sp³-hybridized carbons (Fsp3) is 0.857. The molecule has 0 amide bonds. The molecule has 0 unspecified atom stereocenters. The van der Waals surface area contributed by atoms with Crippen molar-refractivity contribution >= 4 is 20.8 Å². The van der Waals surface area contributed by atoms with Crippen LogP contribution in [0.4, 0.5) is 0 Å². The first kappa shape index (κ1) is 9.81. The molecule has 0 bridgehead atoms. The number of Topliss-reactive ketones (excluding diaryl/α,β-unsaturated/α-hetero) is 1. The first-order valence-electron chi connectivity index (χ1n) is 4.17. The van der Waals surface area contributed by atoms with Crippen molar-refractivity contribution in [2.75, 3.05) is 13.6 Å². The van der Waals surface area contributed by atoms with E-state index in [1.807, 2.05) is 11.9 Å². The van der Waals surface area contributed by atoms with Crippen LogP contribution in [0.15, 0.2) is 0 Å². The zero-order chi connectivity index (χ0) is 9.14. The van der Waals surface area contributed by atoms with Gasteiger partial charge in [-0.05, 0) is 20.4 Å². The lowest BCUT2D eigenvalue weighted by Gasteiger charge is -2.19. The summed E-state index contributed by atoms with van der Waals surface area (Å²) in [6.07, 6.45) is 0.861. The van der Waals surface area contributed by atoms with Crippen molar-refractivity contribution < 1.29 is 4.79 Å². The maximum absolute atomic E-state index is 11.1. The normalized spacial score (nSPS) is 30.5. The van der Waals surface area contributed by atoms with Gasteiger partial charge in [-0.15, -0.1) is 0 Å². The second-order valence-corrected chi connectivity index (χ2v) is 3.19. The Kier molecular flexibility index (Phi) is 3.35. The molecule has 0 aromatic rings. The van der Waals surface area contributed by atoms with E-state index in [1.165, 1.54) is 7.31 Å². The van der Waals surface area contributed by atoms with Crippen LogP contribution >= 0.6 is 0 Å². The maximum atomic E-state index is 11.1. The van der Waals surface area contributed by atoms with Crippen LogP contribution in [0.3, 0.4) is 0 Å². The highest BCUT2D eigenvalue weighted by Crippen LogP contribution is 2.16. The average Bonchev–Trinajstić information content (AvgIpc) is 2.47. The van der Waals surface area contributed by atoms with Gasteiger partial charge in [-0.2, -0.15) is 0 Å². The molecule has 0 aromatic carbocycles. The van der Waals surface area contributed by atoms with E-state index in [1.54, 1.807) is 6.92 Å². The topological polar surface area (TPSA) is 32.3 Å². The summed E-state index contributed by atoms with van der Waals surface area (Å²) >= 11 is 0. The Morgan fingerprint density at radius 3 is 2.75 bits per heavy atom. The minimum atomic E-state index is -0.0209. The summed E-state index contributed by atoms with van der Waals surface area (Å²) in [5.74, 6) is 0.189. The van der Waals surface area contributed by atoms with E-state index in [4.69, 9.17) is 7.74 Å². The molecule has 1 rings (SSSR count). The zero-order valence-electron chi connectivity index (χ0n) is 7.58. The molecule has 1 saturated heterocycles. The molecule has 1 aliphatic heterocycles. The molecule has 3 nitrogen and oxygen atoms in total. The molecule has 2 atom stereocenters. The summed E-state index contributed by atoms with van der Waals surface area (Å²) < 4.78 is 0. The number of rotatable bonds is 3. The lowest BCUT2D eigenvalue weighted by Crippen LogP contribution is -2.38. The average molecular weight is 163 g/mol. The second-order valence-electron chi connectivity index (χ2n) is 3.19. The van der Waals surface area contributed by atoms with Gasteiger partial charge in [0.2, 0.25) is 0 Å². The molecule has 3 radical (unpaired) electrons. The van der Waals surface area contributed by atoms with E-state index in [-0.39, 0.29) is 11.8 Å². The van der Waals surface area contributed by atoms with Crippen LogP contribution in [0.25, 0.3) is 0 Å². The van der Waals surface area contributed by atoms with Gasteiger partial charge in [-0.3, -0.25) is 4.79 Å². The molecule has 0 aromatic heterocycles. The van der Waals surface area contributed by atoms with Gasteiger partial charge in [0, 0.05) is 20.3 Å². The Bertz CT molecular complexity index is 177. The largest absolute Gasteiger partial charge is 0.346 e. The first-order valence-corrected chi connectivity index (χ1v) is 4.17. The first-order chi connectivity index (χ1) is 5.69.